The van der Waals surface area contributed by atoms with Crippen LogP contribution in [0.4, 0.5) is 0 Å². The van der Waals surface area contributed by atoms with E-state index >= 15 is 0 Å². The fourth-order valence-corrected chi connectivity index (χ4v) is 6.30. The van der Waals surface area contributed by atoms with E-state index in [4.69, 9.17) is 5.26 Å². The maximum atomic E-state index is 13.6. The number of aliphatic hydroxyl groups is 1. The molecule has 2 heterocycles. The Bertz CT molecular complexity index is 1330. The summed E-state index contributed by atoms with van der Waals surface area (Å²) in [4.78, 5) is 28.2. The van der Waals surface area contributed by atoms with E-state index in [0.717, 1.165) is 5.56 Å². The minimum Gasteiger partial charge on any atom is -0.389 e. The monoisotopic (exact) mass is 513 g/mol. The molecular formula is C25H31N5O5S. The number of hydrogen-bond donors (Lipinski definition) is 2. The Balaban J connectivity index is 1.59. The SMILES string of the molecule is CCS(=O)(=O)C1(CN2CCc3c(C(=O)NCc4ccc(C#N)cc4)nn(CC(C)(C)O)c3C2=O)CC1. The molecule has 0 spiro atoms. The number of nitrogens with zero attached hydrogens (tertiary/aromatic N) is 4. The Morgan fingerprint density at radius 2 is 1.94 bits per heavy atom. The lowest BCUT2D eigenvalue weighted by atomic mass is 10.0. The maximum absolute atomic E-state index is 13.6. The third-order valence-electron chi connectivity index (χ3n) is 6.79. The van der Waals surface area contributed by atoms with Crippen molar-refractivity contribution in [3.05, 3.63) is 52.3 Å². The average molecular weight is 514 g/mol. The quantitative estimate of drug-likeness (QED) is 0.516. The van der Waals surface area contributed by atoms with Gasteiger partial charge in [-0.2, -0.15) is 10.4 Å². The van der Waals surface area contributed by atoms with Crippen molar-refractivity contribution >= 4 is 21.7 Å². The topological polar surface area (TPSA) is 145 Å². The van der Waals surface area contributed by atoms with Gasteiger partial charge in [0, 0.05) is 31.0 Å². The van der Waals surface area contributed by atoms with Crippen LogP contribution < -0.4 is 5.32 Å². The van der Waals surface area contributed by atoms with Gasteiger partial charge in [-0.25, -0.2) is 8.42 Å². The van der Waals surface area contributed by atoms with Gasteiger partial charge in [-0.1, -0.05) is 19.1 Å². The Hall–Kier alpha value is -3.23. The molecule has 4 rings (SSSR count). The molecule has 11 heteroatoms. The lowest BCUT2D eigenvalue weighted by molar-refractivity contribution is 0.0535. The zero-order valence-corrected chi connectivity index (χ0v) is 21.6. The van der Waals surface area contributed by atoms with Crippen LogP contribution >= 0.6 is 0 Å². The second-order valence-corrected chi connectivity index (χ2v) is 12.9. The largest absolute Gasteiger partial charge is 0.389 e. The summed E-state index contributed by atoms with van der Waals surface area (Å²) in [5.74, 6) is -0.796. The van der Waals surface area contributed by atoms with Crippen LogP contribution in [0.5, 0.6) is 0 Å². The van der Waals surface area contributed by atoms with Gasteiger partial charge < -0.3 is 15.3 Å². The standard InChI is InChI=1S/C25H31N5O5S/c1-4-36(34,35)25(10-11-25)16-29-12-9-19-20(28-30(15-24(2,3)33)21(19)23(29)32)22(31)27-14-18-7-5-17(13-26)6-8-18/h5-8,33H,4,9-12,14-16H2,1-3H3,(H,27,31). The van der Waals surface area contributed by atoms with Crippen LogP contribution in [0.3, 0.4) is 0 Å². The number of amides is 2. The highest BCUT2D eigenvalue weighted by Crippen LogP contribution is 2.45. The Morgan fingerprint density at radius 3 is 2.50 bits per heavy atom. The molecule has 10 nitrogen and oxygen atoms in total. The van der Waals surface area contributed by atoms with Gasteiger partial charge in [-0.05, 0) is 50.8 Å². The third kappa shape index (κ3) is 5.01. The number of rotatable bonds is 9. The molecule has 0 atom stereocenters. The highest BCUT2D eigenvalue weighted by atomic mass is 32.2. The number of carbonyl (C=O) groups excluding carboxylic acids is 2. The zero-order chi connectivity index (χ0) is 26.3. The Morgan fingerprint density at radius 1 is 1.28 bits per heavy atom. The highest BCUT2D eigenvalue weighted by molar-refractivity contribution is 7.93. The second-order valence-electron chi connectivity index (χ2n) is 10.2. The maximum Gasteiger partial charge on any atom is 0.272 e. The second kappa shape index (κ2) is 9.33. The summed E-state index contributed by atoms with van der Waals surface area (Å²) in [5, 5.41) is 26.6. The molecule has 1 aromatic heterocycles. The van der Waals surface area contributed by atoms with Crippen molar-refractivity contribution in [3.63, 3.8) is 0 Å². The van der Waals surface area contributed by atoms with E-state index in [-0.39, 0.29) is 49.2 Å². The molecule has 0 unspecified atom stereocenters. The summed E-state index contributed by atoms with van der Waals surface area (Å²) in [5.41, 5.74) is 0.978. The summed E-state index contributed by atoms with van der Waals surface area (Å²) in [7, 11) is -3.31. The first-order valence-corrected chi connectivity index (χ1v) is 13.7. The van der Waals surface area contributed by atoms with Gasteiger partial charge in [-0.15, -0.1) is 0 Å². The van der Waals surface area contributed by atoms with E-state index in [1.807, 2.05) is 6.07 Å². The van der Waals surface area contributed by atoms with E-state index in [1.165, 1.54) is 4.68 Å². The van der Waals surface area contributed by atoms with E-state index in [0.29, 0.717) is 30.4 Å². The molecule has 0 bridgehead atoms. The van der Waals surface area contributed by atoms with Crippen molar-refractivity contribution in [1.82, 2.24) is 20.0 Å². The molecule has 1 aliphatic heterocycles. The molecule has 1 saturated carbocycles. The molecule has 192 valence electrons. The normalized spacial score (nSPS) is 16.9. The van der Waals surface area contributed by atoms with Crippen molar-refractivity contribution in [2.24, 2.45) is 0 Å². The van der Waals surface area contributed by atoms with E-state index in [1.54, 1.807) is 49.9 Å². The number of hydrogen-bond acceptors (Lipinski definition) is 7. The molecule has 2 amide bonds. The number of aromatic nitrogens is 2. The van der Waals surface area contributed by atoms with Crippen LogP contribution in [0.1, 0.15) is 71.3 Å². The number of fused-ring (bicyclic) bond motifs is 1. The van der Waals surface area contributed by atoms with E-state index in [2.05, 4.69) is 10.4 Å². The lowest BCUT2D eigenvalue weighted by Crippen LogP contribution is -2.47. The number of benzene rings is 1. The van der Waals surface area contributed by atoms with Crippen LogP contribution in [0, 0.1) is 11.3 Å². The summed E-state index contributed by atoms with van der Waals surface area (Å²) in [6, 6.07) is 8.88. The predicted octanol–water partition coefficient (Wildman–Crippen LogP) is 1.42. The fraction of sp³-hybridized carbons (Fsp3) is 0.520. The molecular weight excluding hydrogens is 482 g/mol. The molecule has 0 radical (unpaired) electrons. The predicted molar refractivity (Wildman–Crippen MR) is 132 cm³/mol. The van der Waals surface area contributed by atoms with Crippen LogP contribution in [0.15, 0.2) is 24.3 Å². The first-order chi connectivity index (χ1) is 16.9. The Labute approximate surface area is 210 Å². The number of nitriles is 1. The van der Waals surface area contributed by atoms with Gasteiger partial charge in [-0.3, -0.25) is 14.3 Å². The van der Waals surface area contributed by atoms with Gasteiger partial charge in [0.05, 0.1) is 28.5 Å². The molecule has 2 aliphatic rings. The first kappa shape index (κ1) is 25.9. The summed E-state index contributed by atoms with van der Waals surface area (Å²) >= 11 is 0. The molecule has 0 saturated heterocycles. The van der Waals surface area contributed by atoms with E-state index < -0.39 is 26.1 Å². The molecule has 36 heavy (non-hydrogen) atoms. The van der Waals surface area contributed by atoms with Gasteiger partial charge in [0.15, 0.2) is 15.5 Å². The highest BCUT2D eigenvalue weighted by Gasteiger charge is 2.55. The van der Waals surface area contributed by atoms with Crippen molar-refractivity contribution in [2.75, 3.05) is 18.8 Å². The van der Waals surface area contributed by atoms with Crippen LogP contribution in [0.25, 0.3) is 0 Å². The van der Waals surface area contributed by atoms with Gasteiger partial charge >= 0.3 is 0 Å². The molecule has 1 aliphatic carbocycles. The zero-order valence-electron chi connectivity index (χ0n) is 20.7. The number of carbonyl (C=O) groups is 2. The summed E-state index contributed by atoms with van der Waals surface area (Å²) in [6.45, 7) is 5.41. The van der Waals surface area contributed by atoms with Crippen molar-refractivity contribution < 1.29 is 23.1 Å². The third-order valence-corrected chi connectivity index (χ3v) is 9.40. The molecule has 1 aromatic carbocycles. The summed E-state index contributed by atoms with van der Waals surface area (Å²) in [6.07, 6.45) is 1.42. The fourth-order valence-electron chi connectivity index (χ4n) is 4.61. The minimum atomic E-state index is -3.31. The van der Waals surface area contributed by atoms with Crippen molar-refractivity contribution in [3.8, 4) is 6.07 Å². The summed E-state index contributed by atoms with van der Waals surface area (Å²) < 4.78 is 25.7. The van der Waals surface area contributed by atoms with E-state index in [9.17, 15) is 23.1 Å². The molecule has 2 aromatic rings. The van der Waals surface area contributed by atoms with Crippen LogP contribution in [-0.4, -0.2) is 69.2 Å². The molecule has 1 fully saturated rings. The minimum absolute atomic E-state index is 0.00375. The van der Waals surface area contributed by atoms with Gasteiger partial charge in [0.1, 0.15) is 5.69 Å². The first-order valence-electron chi connectivity index (χ1n) is 12.0. The lowest BCUT2D eigenvalue weighted by Gasteiger charge is -2.31. The average Bonchev–Trinajstić information content (AvgIpc) is 3.54. The number of nitrogens with one attached hydrogen (secondary N) is 1. The van der Waals surface area contributed by atoms with Crippen LogP contribution in [0.2, 0.25) is 0 Å². The van der Waals surface area contributed by atoms with Crippen molar-refractivity contribution in [1.29, 1.82) is 5.26 Å². The smallest absolute Gasteiger partial charge is 0.272 e. The van der Waals surface area contributed by atoms with Crippen molar-refractivity contribution in [2.45, 2.75) is 63.5 Å². The van der Waals surface area contributed by atoms with Gasteiger partial charge in [0.25, 0.3) is 11.8 Å². The number of sulfone groups is 1. The Kier molecular flexibility index (Phi) is 6.70. The molecule has 2 N–H and O–H groups in total. The van der Waals surface area contributed by atoms with Gasteiger partial charge in [0.2, 0.25) is 0 Å². The van der Waals surface area contributed by atoms with Crippen LogP contribution in [-0.2, 0) is 29.3 Å².